The van der Waals surface area contributed by atoms with Gasteiger partial charge in [-0.25, -0.2) is 16.8 Å². The Balaban J connectivity index is 3.11. The van der Waals surface area contributed by atoms with Gasteiger partial charge in [-0.2, -0.15) is 4.72 Å². The molecule has 0 aliphatic rings. The van der Waals surface area contributed by atoms with Crippen LogP contribution in [0.4, 0.5) is 0 Å². The van der Waals surface area contributed by atoms with Crippen molar-refractivity contribution in [3.8, 4) is 0 Å². The van der Waals surface area contributed by atoms with Gasteiger partial charge in [0.2, 0.25) is 15.9 Å². The lowest BCUT2D eigenvalue weighted by Crippen LogP contribution is -2.46. The second-order valence-electron chi connectivity index (χ2n) is 6.28. The second-order valence-corrected chi connectivity index (χ2v) is 10.0. The van der Waals surface area contributed by atoms with Crippen LogP contribution in [0.5, 0.6) is 0 Å². The normalized spacial score (nSPS) is 13.8. The van der Waals surface area contributed by atoms with Crippen LogP contribution in [0, 0.1) is 5.92 Å². The van der Waals surface area contributed by atoms with Gasteiger partial charge in [-0.1, -0.05) is 13.8 Å². The number of sulfone groups is 1. The predicted octanol–water partition coefficient (Wildman–Crippen LogP) is 0.871. The van der Waals surface area contributed by atoms with Crippen molar-refractivity contribution in [2.45, 2.75) is 36.1 Å². The Morgan fingerprint density at radius 3 is 1.88 bits per heavy atom. The van der Waals surface area contributed by atoms with Gasteiger partial charge < -0.3 is 4.90 Å². The molecule has 0 radical (unpaired) electrons. The molecule has 0 unspecified atom stereocenters. The molecule has 0 heterocycles. The molecule has 1 rings (SSSR count). The number of rotatable bonds is 7. The van der Waals surface area contributed by atoms with Crippen molar-refractivity contribution in [2.24, 2.45) is 5.92 Å². The van der Waals surface area contributed by atoms with E-state index in [1.54, 1.807) is 14.1 Å². The van der Waals surface area contributed by atoms with Crippen LogP contribution in [0.2, 0.25) is 0 Å². The molecule has 0 spiro atoms. The number of likely N-dealkylation sites (N-methyl/N-ethyl adjacent to an activating group) is 1. The highest BCUT2D eigenvalue weighted by Crippen LogP contribution is 2.16. The van der Waals surface area contributed by atoms with Gasteiger partial charge in [-0.05, 0) is 36.6 Å². The molecule has 0 fully saturated rings. The minimum absolute atomic E-state index is 0.0320. The molecule has 0 aliphatic heterocycles. The number of hydrogen-bond acceptors (Lipinski definition) is 5. The van der Waals surface area contributed by atoms with Gasteiger partial charge in [0.05, 0.1) is 9.79 Å². The Labute approximate surface area is 144 Å². The van der Waals surface area contributed by atoms with Gasteiger partial charge in [-0.3, -0.25) is 4.79 Å². The highest BCUT2D eigenvalue weighted by atomic mass is 32.2. The molecular weight excluding hydrogens is 352 g/mol. The fraction of sp³-hybridized carbons (Fsp3) is 0.533. The summed E-state index contributed by atoms with van der Waals surface area (Å²) in [6.45, 7) is 3.79. The van der Waals surface area contributed by atoms with Crippen LogP contribution in [0.3, 0.4) is 0 Å². The van der Waals surface area contributed by atoms with Crippen molar-refractivity contribution in [1.29, 1.82) is 0 Å². The van der Waals surface area contributed by atoms with E-state index >= 15 is 0 Å². The summed E-state index contributed by atoms with van der Waals surface area (Å²) in [5.41, 5.74) is 0. The molecule has 1 amide bonds. The van der Waals surface area contributed by atoms with Crippen molar-refractivity contribution >= 4 is 25.8 Å². The topological polar surface area (TPSA) is 101 Å². The Morgan fingerprint density at radius 1 is 1.04 bits per heavy atom. The first-order chi connectivity index (χ1) is 10.8. The van der Waals surface area contributed by atoms with Gasteiger partial charge >= 0.3 is 0 Å². The number of nitrogens with zero attached hydrogens (tertiary/aromatic N) is 1. The lowest BCUT2D eigenvalue weighted by atomic mass is 10.0. The molecule has 0 saturated heterocycles. The molecule has 0 bridgehead atoms. The van der Waals surface area contributed by atoms with Gasteiger partial charge in [0.1, 0.15) is 6.04 Å². The van der Waals surface area contributed by atoms with E-state index in [0.717, 1.165) is 6.26 Å². The fourth-order valence-electron chi connectivity index (χ4n) is 2.10. The zero-order valence-corrected chi connectivity index (χ0v) is 16.1. The third kappa shape index (κ3) is 5.57. The molecule has 0 aliphatic carbocycles. The summed E-state index contributed by atoms with van der Waals surface area (Å²) in [6, 6.07) is 4.01. The predicted molar refractivity (Wildman–Crippen MR) is 91.8 cm³/mol. The lowest BCUT2D eigenvalue weighted by Gasteiger charge is -2.23. The molecule has 1 atom stereocenters. The summed E-state index contributed by atoms with van der Waals surface area (Å²) in [6.07, 6.45) is 1.40. The first-order valence-corrected chi connectivity index (χ1v) is 10.8. The monoisotopic (exact) mass is 376 g/mol. The van der Waals surface area contributed by atoms with E-state index in [4.69, 9.17) is 0 Å². The van der Waals surface area contributed by atoms with E-state index in [2.05, 4.69) is 4.72 Å². The summed E-state index contributed by atoms with van der Waals surface area (Å²) in [7, 11) is -4.22. The number of carbonyl (C=O) groups is 1. The maximum Gasteiger partial charge on any atom is 0.241 e. The summed E-state index contributed by atoms with van der Waals surface area (Å²) < 4.78 is 50.3. The molecular formula is C15H24N2O5S2. The quantitative estimate of drug-likeness (QED) is 0.761. The largest absolute Gasteiger partial charge is 0.347 e. The average molecular weight is 377 g/mol. The van der Waals surface area contributed by atoms with Crippen LogP contribution in [0.25, 0.3) is 0 Å². The second kappa shape index (κ2) is 7.62. The van der Waals surface area contributed by atoms with E-state index < -0.39 is 25.9 Å². The van der Waals surface area contributed by atoms with Crippen molar-refractivity contribution in [3.05, 3.63) is 24.3 Å². The van der Waals surface area contributed by atoms with Crippen LogP contribution in [-0.4, -0.2) is 54.0 Å². The van der Waals surface area contributed by atoms with E-state index in [-0.39, 0.29) is 21.6 Å². The Hall–Kier alpha value is -1.45. The lowest BCUT2D eigenvalue weighted by molar-refractivity contribution is -0.130. The molecule has 9 heteroatoms. The molecule has 0 saturated carbocycles. The third-order valence-corrected chi connectivity index (χ3v) is 5.92. The molecule has 0 aromatic heterocycles. The average Bonchev–Trinajstić information content (AvgIpc) is 2.44. The SMILES string of the molecule is CC(C)C[C@@H](NS(=O)(=O)c1ccc(S(C)(=O)=O)cc1)C(=O)N(C)C. The summed E-state index contributed by atoms with van der Waals surface area (Å²) in [5, 5.41) is 0. The number of nitrogens with one attached hydrogen (secondary N) is 1. The van der Waals surface area contributed by atoms with Crippen molar-refractivity contribution in [3.63, 3.8) is 0 Å². The number of amides is 1. The van der Waals surface area contributed by atoms with Crippen molar-refractivity contribution in [2.75, 3.05) is 20.4 Å². The van der Waals surface area contributed by atoms with Crippen molar-refractivity contribution in [1.82, 2.24) is 9.62 Å². The maximum absolute atomic E-state index is 12.5. The third-order valence-electron chi connectivity index (χ3n) is 3.31. The molecule has 136 valence electrons. The molecule has 1 N–H and O–H groups in total. The van der Waals surface area contributed by atoms with Crippen LogP contribution < -0.4 is 4.72 Å². The van der Waals surface area contributed by atoms with E-state index in [9.17, 15) is 21.6 Å². The van der Waals surface area contributed by atoms with Crippen molar-refractivity contribution < 1.29 is 21.6 Å². The fourth-order valence-corrected chi connectivity index (χ4v) is 3.94. The Morgan fingerprint density at radius 2 is 1.50 bits per heavy atom. The summed E-state index contributed by atoms with van der Waals surface area (Å²) >= 11 is 0. The molecule has 1 aromatic rings. The number of carbonyl (C=O) groups excluding carboxylic acids is 1. The highest BCUT2D eigenvalue weighted by molar-refractivity contribution is 7.90. The number of sulfonamides is 1. The standard InChI is InChI=1S/C15H24N2O5S2/c1-11(2)10-14(15(18)17(3)4)16-24(21,22)13-8-6-12(7-9-13)23(5,19)20/h6-9,11,14,16H,10H2,1-5H3/t14-/m1/s1. The van der Waals surface area contributed by atoms with E-state index in [1.165, 1.54) is 29.2 Å². The molecule has 24 heavy (non-hydrogen) atoms. The van der Waals surface area contributed by atoms with Gasteiger partial charge in [0.15, 0.2) is 9.84 Å². The number of benzene rings is 1. The van der Waals surface area contributed by atoms with Gasteiger partial charge in [0, 0.05) is 20.4 Å². The van der Waals surface area contributed by atoms with Crippen LogP contribution in [0.1, 0.15) is 20.3 Å². The Kier molecular flexibility index (Phi) is 6.54. The van der Waals surface area contributed by atoms with Gasteiger partial charge in [0.25, 0.3) is 0 Å². The van der Waals surface area contributed by atoms with Crippen LogP contribution in [-0.2, 0) is 24.7 Å². The highest BCUT2D eigenvalue weighted by Gasteiger charge is 2.27. The minimum Gasteiger partial charge on any atom is -0.347 e. The Bertz CT molecular complexity index is 782. The first-order valence-electron chi connectivity index (χ1n) is 7.38. The zero-order chi connectivity index (χ0) is 18.7. The van der Waals surface area contributed by atoms with Crippen LogP contribution in [0.15, 0.2) is 34.1 Å². The zero-order valence-electron chi connectivity index (χ0n) is 14.5. The maximum atomic E-state index is 12.5. The number of hydrogen-bond donors (Lipinski definition) is 1. The minimum atomic E-state index is -3.94. The summed E-state index contributed by atoms with van der Waals surface area (Å²) in [5.74, 6) is -0.214. The first kappa shape index (κ1) is 20.6. The molecule has 1 aromatic carbocycles. The smallest absolute Gasteiger partial charge is 0.241 e. The summed E-state index contributed by atoms with van der Waals surface area (Å²) in [4.78, 5) is 13.5. The van der Waals surface area contributed by atoms with E-state index in [1.807, 2.05) is 13.8 Å². The van der Waals surface area contributed by atoms with Crippen LogP contribution >= 0.6 is 0 Å². The van der Waals surface area contributed by atoms with Gasteiger partial charge in [-0.15, -0.1) is 0 Å². The molecule has 7 nitrogen and oxygen atoms in total. The van der Waals surface area contributed by atoms with E-state index in [0.29, 0.717) is 6.42 Å².